The molecular formula is C18H27N5O2S. The van der Waals surface area contributed by atoms with Gasteiger partial charge in [-0.2, -0.15) is 0 Å². The number of rotatable bonds is 6. The lowest BCUT2D eigenvalue weighted by molar-refractivity contribution is -0.125. The second-order valence-electron chi connectivity index (χ2n) is 7.38. The van der Waals surface area contributed by atoms with E-state index in [0.717, 1.165) is 30.0 Å². The van der Waals surface area contributed by atoms with Crippen molar-refractivity contribution in [3.8, 4) is 0 Å². The molecule has 0 spiro atoms. The standard InChI is InChI=1S/C18H27N5O2S/c1-13-8-14(2)10-22(9-13)17-19-20-18(26-12-16(24)21(3)4)23(17)11-15-6-5-7-25-15/h5-7,13-14H,8-12H2,1-4H3/t13-,14-/m0/s1. The minimum Gasteiger partial charge on any atom is -0.467 e. The van der Waals surface area contributed by atoms with Gasteiger partial charge in [-0.1, -0.05) is 25.6 Å². The van der Waals surface area contributed by atoms with Crippen molar-refractivity contribution in [3.05, 3.63) is 24.2 Å². The maximum absolute atomic E-state index is 12.0. The summed E-state index contributed by atoms with van der Waals surface area (Å²) in [6.07, 6.45) is 2.91. The Morgan fingerprint density at radius 2 is 2.04 bits per heavy atom. The molecule has 3 heterocycles. The zero-order valence-electron chi connectivity index (χ0n) is 15.9. The Morgan fingerprint density at radius 3 is 2.65 bits per heavy atom. The van der Waals surface area contributed by atoms with Crippen molar-refractivity contribution < 1.29 is 9.21 Å². The molecule has 2 aromatic rings. The third-order valence-corrected chi connectivity index (χ3v) is 5.52. The molecule has 3 rings (SSSR count). The molecule has 1 aliphatic rings. The first-order valence-electron chi connectivity index (χ1n) is 8.97. The molecule has 0 saturated carbocycles. The van der Waals surface area contributed by atoms with Gasteiger partial charge in [0.2, 0.25) is 11.9 Å². The van der Waals surface area contributed by atoms with Gasteiger partial charge in [-0.3, -0.25) is 9.36 Å². The Kier molecular flexibility index (Phi) is 5.90. The van der Waals surface area contributed by atoms with E-state index < -0.39 is 0 Å². The summed E-state index contributed by atoms with van der Waals surface area (Å²) < 4.78 is 7.60. The van der Waals surface area contributed by atoms with Crippen LogP contribution in [-0.2, 0) is 11.3 Å². The quantitative estimate of drug-likeness (QED) is 0.721. The molecule has 1 saturated heterocycles. The van der Waals surface area contributed by atoms with Crippen LogP contribution in [0, 0.1) is 11.8 Å². The fourth-order valence-electron chi connectivity index (χ4n) is 3.40. The van der Waals surface area contributed by atoms with E-state index in [9.17, 15) is 4.79 Å². The molecule has 0 unspecified atom stereocenters. The number of nitrogens with zero attached hydrogens (tertiary/aromatic N) is 5. The third kappa shape index (κ3) is 4.41. The molecule has 0 aromatic carbocycles. The average molecular weight is 378 g/mol. The van der Waals surface area contributed by atoms with Gasteiger partial charge in [0.15, 0.2) is 5.16 Å². The van der Waals surface area contributed by atoms with E-state index in [4.69, 9.17) is 4.42 Å². The number of hydrogen-bond acceptors (Lipinski definition) is 6. The first-order valence-corrected chi connectivity index (χ1v) is 9.96. The largest absolute Gasteiger partial charge is 0.467 e. The van der Waals surface area contributed by atoms with E-state index >= 15 is 0 Å². The van der Waals surface area contributed by atoms with E-state index in [1.54, 1.807) is 25.3 Å². The highest BCUT2D eigenvalue weighted by Crippen LogP contribution is 2.29. The summed E-state index contributed by atoms with van der Waals surface area (Å²) >= 11 is 1.42. The van der Waals surface area contributed by atoms with Crippen molar-refractivity contribution in [3.63, 3.8) is 0 Å². The molecule has 8 heteroatoms. The Morgan fingerprint density at radius 1 is 1.31 bits per heavy atom. The normalized spacial score (nSPS) is 20.4. The van der Waals surface area contributed by atoms with Crippen LogP contribution < -0.4 is 4.90 Å². The van der Waals surface area contributed by atoms with Crippen molar-refractivity contribution in [2.45, 2.75) is 32.0 Å². The number of thioether (sulfide) groups is 1. The van der Waals surface area contributed by atoms with E-state index in [-0.39, 0.29) is 5.91 Å². The molecule has 1 fully saturated rings. The van der Waals surface area contributed by atoms with Crippen molar-refractivity contribution in [1.82, 2.24) is 19.7 Å². The van der Waals surface area contributed by atoms with Crippen LogP contribution in [0.4, 0.5) is 5.95 Å². The monoisotopic (exact) mass is 377 g/mol. The highest BCUT2D eigenvalue weighted by atomic mass is 32.2. The van der Waals surface area contributed by atoms with Crippen LogP contribution in [0.5, 0.6) is 0 Å². The van der Waals surface area contributed by atoms with Gasteiger partial charge in [0.05, 0.1) is 18.6 Å². The molecule has 1 aliphatic heterocycles. The summed E-state index contributed by atoms with van der Waals surface area (Å²) in [4.78, 5) is 15.9. The fourth-order valence-corrected chi connectivity index (χ4v) is 4.31. The summed E-state index contributed by atoms with van der Waals surface area (Å²) in [7, 11) is 3.52. The van der Waals surface area contributed by atoms with Gasteiger partial charge in [-0.05, 0) is 30.4 Å². The number of anilines is 1. The lowest BCUT2D eigenvalue weighted by atomic mass is 9.92. The molecule has 0 aliphatic carbocycles. The predicted octanol–water partition coefficient (Wildman–Crippen LogP) is 2.58. The van der Waals surface area contributed by atoms with Gasteiger partial charge < -0.3 is 14.2 Å². The van der Waals surface area contributed by atoms with Gasteiger partial charge in [-0.15, -0.1) is 10.2 Å². The number of hydrogen-bond donors (Lipinski definition) is 0. The lowest BCUT2D eigenvalue weighted by Gasteiger charge is -2.35. The summed E-state index contributed by atoms with van der Waals surface area (Å²) in [6, 6.07) is 3.83. The molecule has 0 bridgehead atoms. The van der Waals surface area contributed by atoms with Crippen molar-refractivity contribution in [1.29, 1.82) is 0 Å². The minimum absolute atomic E-state index is 0.0596. The van der Waals surface area contributed by atoms with Crippen LogP contribution in [0.2, 0.25) is 0 Å². The summed E-state index contributed by atoms with van der Waals surface area (Å²) in [5.41, 5.74) is 0. The molecular weight excluding hydrogens is 350 g/mol. The van der Waals surface area contributed by atoms with Crippen molar-refractivity contribution in [2.24, 2.45) is 11.8 Å². The number of furan rings is 1. The fraction of sp³-hybridized carbons (Fsp3) is 0.611. The number of amides is 1. The molecule has 2 atom stereocenters. The van der Waals surface area contributed by atoms with Crippen LogP contribution in [0.1, 0.15) is 26.0 Å². The van der Waals surface area contributed by atoms with Gasteiger partial charge in [0, 0.05) is 27.2 Å². The Hall–Kier alpha value is -1.96. The average Bonchev–Trinajstić information content (AvgIpc) is 3.22. The van der Waals surface area contributed by atoms with E-state index in [2.05, 4.69) is 33.5 Å². The smallest absolute Gasteiger partial charge is 0.232 e. The van der Waals surface area contributed by atoms with Gasteiger partial charge >= 0.3 is 0 Å². The van der Waals surface area contributed by atoms with Crippen molar-refractivity contribution >= 4 is 23.6 Å². The highest BCUT2D eigenvalue weighted by molar-refractivity contribution is 7.99. The number of aromatic nitrogens is 3. The molecule has 0 radical (unpaired) electrons. The molecule has 142 valence electrons. The maximum atomic E-state index is 12.0. The minimum atomic E-state index is 0.0596. The molecule has 0 N–H and O–H groups in total. The van der Waals surface area contributed by atoms with Crippen LogP contribution in [0.15, 0.2) is 28.0 Å². The molecule has 1 amide bonds. The zero-order valence-corrected chi connectivity index (χ0v) is 16.7. The van der Waals surface area contributed by atoms with Crippen LogP contribution in [-0.4, -0.2) is 58.5 Å². The van der Waals surface area contributed by atoms with Gasteiger partial charge in [-0.25, -0.2) is 0 Å². The van der Waals surface area contributed by atoms with Gasteiger partial charge in [0.25, 0.3) is 0 Å². The predicted molar refractivity (Wildman–Crippen MR) is 102 cm³/mol. The van der Waals surface area contributed by atoms with Crippen molar-refractivity contribution in [2.75, 3.05) is 37.8 Å². The van der Waals surface area contributed by atoms with Crippen LogP contribution >= 0.6 is 11.8 Å². The summed E-state index contributed by atoms with van der Waals surface area (Å²) in [5.74, 6) is 3.36. The number of piperidine rings is 1. The van der Waals surface area contributed by atoms with Gasteiger partial charge in [0.1, 0.15) is 5.76 Å². The summed E-state index contributed by atoms with van der Waals surface area (Å²) in [5, 5.41) is 9.59. The second-order valence-corrected chi connectivity index (χ2v) is 8.32. The lowest BCUT2D eigenvalue weighted by Crippen LogP contribution is -2.40. The second kappa shape index (κ2) is 8.16. The first-order chi connectivity index (χ1) is 12.4. The molecule has 7 nitrogen and oxygen atoms in total. The third-order valence-electron chi connectivity index (χ3n) is 4.57. The first kappa shape index (κ1) is 18.8. The van der Waals surface area contributed by atoms with E-state index in [0.29, 0.717) is 24.1 Å². The SMILES string of the molecule is C[C@H]1C[C@H](C)CN(c2nnc(SCC(=O)N(C)C)n2Cc2ccco2)C1. The Labute approximate surface area is 158 Å². The zero-order chi connectivity index (χ0) is 18.7. The summed E-state index contributed by atoms with van der Waals surface area (Å²) in [6.45, 7) is 7.07. The number of carbonyl (C=O) groups is 1. The maximum Gasteiger partial charge on any atom is 0.232 e. The molecule has 26 heavy (non-hydrogen) atoms. The highest BCUT2D eigenvalue weighted by Gasteiger charge is 2.27. The van der Waals surface area contributed by atoms with E-state index in [1.165, 1.54) is 18.2 Å². The topological polar surface area (TPSA) is 67.4 Å². The van der Waals surface area contributed by atoms with Crippen LogP contribution in [0.25, 0.3) is 0 Å². The van der Waals surface area contributed by atoms with Crippen LogP contribution in [0.3, 0.4) is 0 Å². The Bertz CT molecular complexity index is 718. The Balaban J connectivity index is 1.84. The van der Waals surface area contributed by atoms with E-state index in [1.807, 2.05) is 12.1 Å². The molecule has 2 aromatic heterocycles. The number of carbonyl (C=O) groups excluding carboxylic acids is 1.